The zero-order chi connectivity index (χ0) is 22.9. The molecule has 1 aliphatic carbocycles. The number of aryl methyl sites for hydroxylation is 1. The SMILES string of the molecule is CC(C)Oc1ccc(-c2ccc3nc4c(n3c2)C(Cc2ccccc2OC(F)F)CC4)cn1. The van der Waals surface area contributed by atoms with Gasteiger partial charge >= 0.3 is 6.61 Å². The maximum absolute atomic E-state index is 12.9. The number of benzene rings is 1. The molecule has 1 aromatic carbocycles. The molecule has 0 N–H and O–H groups in total. The minimum Gasteiger partial charge on any atom is -0.475 e. The van der Waals surface area contributed by atoms with Crippen molar-refractivity contribution in [1.82, 2.24) is 14.4 Å². The third kappa shape index (κ3) is 4.40. The van der Waals surface area contributed by atoms with Gasteiger partial charge in [-0.1, -0.05) is 18.2 Å². The Hall–Kier alpha value is -3.48. The van der Waals surface area contributed by atoms with E-state index in [2.05, 4.69) is 15.6 Å². The van der Waals surface area contributed by atoms with E-state index in [4.69, 9.17) is 14.5 Å². The molecule has 0 aliphatic heterocycles. The summed E-state index contributed by atoms with van der Waals surface area (Å²) in [6.45, 7) is 1.10. The van der Waals surface area contributed by atoms with Gasteiger partial charge in [-0.3, -0.25) is 0 Å². The summed E-state index contributed by atoms with van der Waals surface area (Å²) >= 11 is 0. The summed E-state index contributed by atoms with van der Waals surface area (Å²) in [5.41, 5.74) is 5.90. The fraction of sp³-hybridized carbons (Fsp3) is 0.308. The molecule has 1 unspecified atom stereocenters. The fourth-order valence-corrected chi connectivity index (χ4v) is 4.56. The highest BCUT2D eigenvalue weighted by molar-refractivity contribution is 5.65. The Labute approximate surface area is 191 Å². The smallest absolute Gasteiger partial charge is 0.387 e. The number of hydrogen-bond donors (Lipinski definition) is 0. The van der Waals surface area contributed by atoms with Crippen LogP contribution < -0.4 is 9.47 Å². The van der Waals surface area contributed by atoms with Crippen LogP contribution in [0.4, 0.5) is 8.78 Å². The lowest BCUT2D eigenvalue weighted by Gasteiger charge is -2.16. The van der Waals surface area contributed by atoms with E-state index in [1.165, 1.54) is 0 Å². The van der Waals surface area contributed by atoms with Crippen LogP contribution in [0.1, 0.15) is 43.1 Å². The van der Waals surface area contributed by atoms with Crippen molar-refractivity contribution in [3.63, 3.8) is 0 Å². The second-order valence-electron chi connectivity index (χ2n) is 8.57. The van der Waals surface area contributed by atoms with Crippen molar-refractivity contribution in [1.29, 1.82) is 0 Å². The quantitative estimate of drug-likeness (QED) is 0.344. The summed E-state index contributed by atoms with van der Waals surface area (Å²) in [6.07, 6.45) is 6.39. The molecule has 0 amide bonds. The molecule has 4 aromatic rings. The minimum absolute atomic E-state index is 0.0707. The monoisotopic (exact) mass is 449 g/mol. The number of hydrogen-bond acceptors (Lipinski definition) is 4. The van der Waals surface area contributed by atoms with Gasteiger partial charge in [-0.15, -0.1) is 0 Å². The van der Waals surface area contributed by atoms with E-state index in [-0.39, 0.29) is 17.8 Å². The van der Waals surface area contributed by atoms with Gasteiger partial charge in [0.15, 0.2) is 0 Å². The van der Waals surface area contributed by atoms with E-state index >= 15 is 0 Å². The molecule has 0 saturated carbocycles. The van der Waals surface area contributed by atoms with Gasteiger partial charge in [0.05, 0.1) is 11.8 Å². The Morgan fingerprint density at radius 1 is 1.03 bits per heavy atom. The predicted molar refractivity (Wildman–Crippen MR) is 122 cm³/mol. The van der Waals surface area contributed by atoms with Gasteiger partial charge in [0.25, 0.3) is 0 Å². The van der Waals surface area contributed by atoms with Crippen molar-refractivity contribution in [3.05, 3.63) is 77.9 Å². The molecular weight excluding hydrogens is 424 g/mol. The van der Waals surface area contributed by atoms with E-state index in [0.717, 1.165) is 46.6 Å². The maximum Gasteiger partial charge on any atom is 0.387 e. The number of imidazole rings is 1. The van der Waals surface area contributed by atoms with Crippen LogP contribution in [0.3, 0.4) is 0 Å². The summed E-state index contributed by atoms with van der Waals surface area (Å²) < 4.78 is 38.2. The molecule has 7 heteroatoms. The van der Waals surface area contributed by atoms with Crippen LogP contribution >= 0.6 is 0 Å². The molecule has 0 saturated heterocycles. The topological polar surface area (TPSA) is 48.7 Å². The van der Waals surface area contributed by atoms with Crippen LogP contribution in [-0.4, -0.2) is 27.1 Å². The molecule has 0 spiro atoms. The van der Waals surface area contributed by atoms with E-state index < -0.39 is 6.61 Å². The number of aromatic nitrogens is 3. The van der Waals surface area contributed by atoms with Crippen molar-refractivity contribution < 1.29 is 18.3 Å². The number of fused-ring (bicyclic) bond motifs is 3. The summed E-state index contributed by atoms with van der Waals surface area (Å²) in [5.74, 6) is 1.01. The molecule has 3 heterocycles. The van der Waals surface area contributed by atoms with E-state index in [1.807, 2.05) is 56.4 Å². The van der Waals surface area contributed by atoms with E-state index in [9.17, 15) is 8.78 Å². The van der Waals surface area contributed by atoms with Gasteiger partial charge < -0.3 is 13.9 Å². The Balaban J connectivity index is 1.46. The fourth-order valence-electron chi connectivity index (χ4n) is 4.56. The van der Waals surface area contributed by atoms with Crippen molar-refractivity contribution in [2.75, 3.05) is 0 Å². The molecule has 0 fully saturated rings. The van der Waals surface area contributed by atoms with Crippen LogP contribution in [0.5, 0.6) is 11.6 Å². The number of para-hydroxylation sites is 1. The van der Waals surface area contributed by atoms with Gasteiger partial charge in [0, 0.05) is 41.2 Å². The van der Waals surface area contributed by atoms with Gasteiger partial charge in [-0.05, 0) is 62.9 Å². The highest BCUT2D eigenvalue weighted by Crippen LogP contribution is 2.38. The van der Waals surface area contributed by atoms with Crippen molar-refractivity contribution in [2.45, 2.75) is 51.7 Å². The number of pyridine rings is 2. The molecule has 3 aromatic heterocycles. The highest BCUT2D eigenvalue weighted by atomic mass is 19.3. The predicted octanol–water partition coefficient (Wildman–Crippen LogP) is 6.06. The van der Waals surface area contributed by atoms with Crippen LogP contribution in [-0.2, 0) is 12.8 Å². The molecule has 5 rings (SSSR count). The second kappa shape index (κ2) is 8.81. The molecule has 0 radical (unpaired) electrons. The van der Waals surface area contributed by atoms with Gasteiger partial charge in [0.2, 0.25) is 5.88 Å². The first-order valence-electron chi connectivity index (χ1n) is 11.1. The number of ether oxygens (including phenoxy) is 2. The standard InChI is InChI=1S/C26H25F2N3O2/c1-16(2)32-24-12-9-19(14-29-24)20-8-11-23-30-21-10-7-18(25(21)31(23)15-20)13-17-5-3-4-6-22(17)33-26(27)28/h3-6,8-9,11-12,14-16,18,26H,7,10,13H2,1-2H3. The number of nitrogens with zero attached hydrogens (tertiary/aromatic N) is 3. The first-order chi connectivity index (χ1) is 16.0. The van der Waals surface area contributed by atoms with E-state index in [1.54, 1.807) is 12.1 Å². The molecule has 5 nitrogen and oxygen atoms in total. The third-order valence-corrected chi connectivity index (χ3v) is 5.93. The molecule has 1 atom stereocenters. The van der Waals surface area contributed by atoms with Crippen LogP contribution in [0.15, 0.2) is 60.9 Å². The molecule has 170 valence electrons. The van der Waals surface area contributed by atoms with Gasteiger partial charge in [-0.2, -0.15) is 8.78 Å². The lowest BCUT2D eigenvalue weighted by molar-refractivity contribution is -0.0504. The summed E-state index contributed by atoms with van der Waals surface area (Å²) in [4.78, 5) is 9.23. The molecular formula is C26H25F2N3O2. The zero-order valence-corrected chi connectivity index (χ0v) is 18.5. The van der Waals surface area contributed by atoms with Crippen LogP contribution in [0.2, 0.25) is 0 Å². The summed E-state index contributed by atoms with van der Waals surface area (Å²) in [7, 11) is 0. The summed E-state index contributed by atoms with van der Waals surface area (Å²) in [6, 6.07) is 15.0. The molecule has 0 bridgehead atoms. The summed E-state index contributed by atoms with van der Waals surface area (Å²) in [5, 5.41) is 0. The maximum atomic E-state index is 12.9. The van der Waals surface area contributed by atoms with Crippen molar-refractivity contribution in [3.8, 4) is 22.8 Å². The first kappa shape index (κ1) is 21.4. The number of rotatable bonds is 7. The highest BCUT2D eigenvalue weighted by Gasteiger charge is 2.29. The Morgan fingerprint density at radius 2 is 1.85 bits per heavy atom. The van der Waals surface area contributed by atoms with Crippen LogP contribution in [0, 0.1) is 0 Å². The van der Waals surface area contributed by atoms with Gasteiger partial charge in [0.1, 0.15) is 11.4 Å². The largest absolute Gasteiger partial charge is 0.475 e. The molecule has 33 heavy (non-hydrogen) atoms. The average molecular weight is 450 g/mol. The Kier molecular flexibility index (Phi) is 5.70. The zero-order valence-electron chi connectivity index (χ0n) is 18.5. The lowest BCUT2D eigenvalue weighted by atomic mass is 9.96. The van der Waals surface area contributed by atoms with Crippen molar-refractivity contribution in [2.24, 2.45) is 0 Å². The minimum atomic E-state index is -2.84. The van der Waals surface area contributed by atoms with E-state index in [0.29, 0.717) is 12.3 Å². The van der Waals surface area contributed by atoms with Gasteiger partial charge in [-0.25, -0.2) is 9.97 Å². The van der Waals surface area contributed by atoms with Crippen LogP contribution in [0.25, 0.3) is 16.8 Å². The normalized spacial score (nSPS) is 15.4. The first-order valence-corrected chi connectivity index (χ1v) is 11.1. The Bertz CT molecular complexity index is 1270. The molecule has 1 aliphatic rings. The lowest BCUT2D eigenvalue weighted by Crippen LogP contribution is -2.08. The third-order valence-electron chi connectivity index (χ3n) is 5.93. The van der Waals surface area contributed by atoms with Crippen molar-refractivity contribution >= 4 is 5.65 Å². The second-order valence-corrected chi connectivity index (χ2v) is 8.57. The number of alkyl halides is 2. The Morgan fingerprint density at radius 3 is 2.61 bits per heavy atom. The average Bonchev–Trinajstić information content (AvgIpc) is 3.34. The number of halogens is 2.